The first-order valence-electron chi connectivity index (χ1n) is 7.11. The standard InChI is InChI=1S/C16H20N2OS/c1-5-12-10(2)20-15(17-12)18-7-6-11-13(18)8-16(3,4)9-14(11)19/h6-7H,5,8-9H2,1-4H3. The largest absolute Gasteiger partial charge is 0.296 e. The third-order valence-corrected chi connectivity index (χ3v) is 5.01. The van der Waals surface area contributed by atoms with Crippen molar-refractivity contribution >= 4 is 17.1 Å². The van der Waals surface area contributed by atoms with Gasteiger partial charge in [0.1, 0.15) is 0 Å². The topological polar surface area (TPSA) is 34.9 Å². The van der Waals surface area contributed by atoms with Crippen molar-refractivity contribution in [1.29, 1.82) is 0 Å². The average Bonchev–Trinajstić information content (AvgIpc) is 2.91. The Morgan fingerprint density at radius 3 is 2.80 bits per heavy atom. The number of thiazole rings is 1. The summed E-state index contributed by atoms with van der Waals surface area (Å²) >= 11 is 1.71. The number of aryl methyl sites for hydroxylation is 2. The number of rotatable bonds is 2. The molecule has 0 unspecified atom stereocenters. The van der Waals surface area contributed by atoms with Gasteiger partial charge in [0.15, 0.2) is 10.9 Å². The predicted molar refractivity (Wildman–Crippen MR) is 82.0 cm³/mol. The van der Waals surface area contributed by atoms with Crippen LogP contribution in [0.5, 0.6) is 0 Å². The first-order valence-corrected chi connectivity index (χ1v) is 7.93. The van der Waals surface area contributed by atoms with Crippen molar-refractivity contribution in [1.82, 2.24) is 9.55 Å². The van der Waals surface area contributed by atoms with E-state index in [1.165, 1.54) is 4.88 Å². The molecule has 0 bridgehead atoms. The van der Waals surface area contributed by atoms with Gasteiger partial charge in [0.25, 0.3) is 0 Å². The maximum Gasteiger partial charge on any atom is 0.194 e. The average molecular weight is 288 g/mol. The Morgan fingerprint density at radius 1 is 1.40 bits per heavy atom. The van der Waals surface area contributed by atoms with E-state index in [0.717, 1.165) is 34.9 Å². The summed E-state index contributed by atoms with van der Waals surface area (Å²) in [5.41, 5.74) is 3.21. The number of carbonyl (C=O) groups excluding carboxylic acids is 1. The molecule has 4 heteroatoms. The van der Waals surface area contributed by atoms with Gasteiger partial charge in [-0.1, -0.05) is 20.8 Å². The van der Waals surface area contributed by atoms with E-state index < -0.39 is 0 Å². The number of hydrogen-bond acceptors (Lipinski definition) is 3. The highest BCUT2D eigenvalue weighted by molar-refractivity contribution is 7.14. The monoisotopic (exact) mass is 288 g/mol. The zero-order chi connectivity index (χ0) is 14.5. The molecule has 0 spiro atoms. The Kier molecular flexibility index (Phi) is 3.09. The number of hydrogen-bond donors (Lipinski definition) is 0. The van der Waals surface area contributed by atoms with E-state index in [9.17, 15) is 4.79 Å². The van der Waals surface area contributed by atoms with Crippen LogP contribution in [0.2, 0.25) is 0 Å². The second-order valence-corrected chi connectivity index (χ2v) is 7.52. The summed E-state index contributed by atoms with van der Waals surface area (Å²) in [4.78, 5) is 18.2. The van der Waals surface area contributed by atoms with Crippen LogP contribution in [0, 0.1) is 12.3 Å². The van der Waals surface area contributed by atoms with Crippen LogP contribution in [0.4, 0.5) is 0 Å². The molecular formula is C16H20N2OS. The Bertz CT molecular complexity index is 679. The third kappa shape index (κ3) is 2.12. The van der Waals surface area contributed by atoms with Gasteiger partial charge in [-0.3, -0.25) is 9.36 Å². The lowest BCUT2D eigenvalue weighted by Crippen LogP contribution is -2.27. The van der Waals surface area contributed by atoms with E-state index in [0.29, 0.717) is 6.42 Å². The summed E-state index contributed by atoms with van der Waals surface area (Å²) in [5, 5.41) is 0.992. The van der Waals surface area contributed by atoms with Gasteiger partial charge < -0.3 is 0 Å². The summed E-state index contributed by atoms with van der Waals surface area (Å²) < 4.78 is 2.12. The molecule has 0 radical (unpaired) electrons. The smallest absolute Gasteiger partial charge is 0.194 e. The van der Waals surface area contributed by atoms with Crippen molar-refractivity contribution in [3.05, 3.63) is 34.1 Å². The number of ketones is 1. The lowest BCUT2D eigenvalue weighted by Gasteiger charge is -2.29. The van der Waals surface area contributed by atoms with E-state index in [-0.39, 0.29) is 11.2 Å². The fourth-order valence-corrected chi connectivity index (χ4v) is 3.97. The Morgan fingerprint density at radius 2 is 2.15 bits per heavy atom. The van der Waals surface area contributed by atoms with E-state index in [1.807, 2.05) is 12.3 Å². The number of nitrogens with zero attached hydrogens (tertiary/aromatic N) is 2. The zero-order valence-electron chi connectivity index (χ0n) is 12.5. The van der Waals surface area contributed by atoms with Gasteiger partial charge in [0.05, 0.1) is 5.69 Å². The Balaban J connectivity index is 2.10. The van der Waals surface area contributed by atoms with E-state index >= 15 is 0 Å². The first-order chi connectivity index (χ1) is 9.41. The van der Waals surface area contributed by atoms with Crippen LogP contribution in [-0.4, -0.2) is 15.3 Å². The van der Waals surface area contributed by atoms with E-state index in [4.69, 9.17) is 4.98 Å². The molecule has 0 amide bonds. The SMILES string of the molecule is CCc1nc(-n2ccc3c2CC(C)(C)CC3=O)sc1C. The van der Waals surface area contributed by atoms with Crippen molar-refractivity contribution in [2.24, 2.45) is 5.41 Å². The van der Waals surface area contributed by atoms with Crippen LogP contribution in [0.25, 0.3) is 5.13 Å². The molecule has 0 saturated carbocycles. The minimum Gasteiger partial charge on any atom is -0.296 e. The van der Waals surface area contributed by atoms with Crippen LogP contribution in [0.1, 0.15) is 53.8 Å². The van der Waals surface area contributed by atoms with Gasteiger partial charge in [-0.25, -0.2) is 4.98 Å². The highest BCUT2D eigenvalue weighted by Crippen LogP contribution is 2.37. The zero-order valence-corrected chi connectivity index (χ0v) is 13.3. The van der Waals surface area contributed by atoms with Gasteiger partial charge in [0.2, 0.25) is 0 Å². The molecule has 3 rings (SSSR count). The molecular weight excluding hydrogens is 268 g/mol. The van der Waals surface area contributed by atoms with Crippen molar-refractivity contribution in [3.63, 3.8) is 0 Å². The molecule has 0 aliphatic heterocycles. The Labute approximate surface area is 123 Å². The lowest BCUT2D eigenvalue weighted by atomic mass is 9.76. The maximum atomic E-state index is 12.2. The van der Waals surface area contributed by atoms with Crippen molar-refractivity contribution in [2.75, 3.05) is 0 Å². The molecule has 0 aromatic carbocycles. The second-order valence-electron chi connectivity index (χ2n) is 6.34. The van der Waals surface area contributed by atoms with Gasteiger partial charge in [-0.15, -0.1) is 11.3 Å². The fraction of sp³-hybridized carbons (Fsp3) is 0.500. The normalized spacial score (nSPS) is 17.3. The van der Waals surface area contributed by atoms with Gasteiger partial charge >= 0.3 is 0 Å². The maximum absolute atomic E-state index is 12.2. The summed E-state index contributed by atoms with van der Waals surface area (Å²) in [5.74, 6) is 0.263. The molecule has 0 fully saturated rings. The molecule has 2 aromatic heterocycles. The van der Waals surface area contributed by atoms with Gasteiger partial charge in [-0.05, 0) is 31.2 Å². The number of Topliss-reactive ketones (excluding diaryl/α,β-unsaturated/α-hetero) is 1. The number of aromatic nitrogens is 2. The molecule has 2 heterocycles. The highest BCUT2D eigenvalue weighted by atomic mass is 32.1. The van der Waals surface area contributed by atoms with Crippen molar-refractivity contribution in [3.8, 4) is 5.13 Å². The molecule has 0 N–H and O–H groups in total. The molecule has 0 atom stereocenters. The highest BCUT2D eigenvalue weighted by Gasteiger charge is 2.33. The summed E-state index contributed by atoms with van der Waals surface area (Å²) in [6.07, 6.45) is 4.53. The minimum atomic E-state index is 0.0417. The molecule has 2 aromatic rings. The summed E-state index contributed by atoms with van der Waals surface area (Å²) in [6.45, 7) is 8.57. The number of carbonyl (C=O) groups is 1. The van der Waals surface area contributed by atoms with Crippen molar-refractivity contribution in [2.45, 2.75) is 47.0 Å². The van der Waals surface area contributed by atoms with Crippen LogP contribution in [0.3, 0.4) is 0 Å². The first kappa shape index (κ1) is 13.6. The summed E-state index contributed by atoms with van der Waals surface area (Å²) in [7, 11) is 0. The molecule has 106 valence electrons. The van der Waals surface area contributed by atoms with Crippen LogP contribution in [0.15, 0.2) is 12.3 Å². The third-order valence-electron chi connectivity index (χ3n) is 4.00. The quantitative estimate of drug-likeness (QED) is 0.838. The van der Waals surface area contributed by atoms with Crippen LogP contribution < -0.4 is 0 Å². The second kappa shape index (κ2) is 4.55. The fourth-order valence-electron chi connectivity index (χ4n) is 2.97. The Hall–Kier alpha value is -1.42. The van der Waals surface area contributed by atoms with E-state index in [2.05, 4.69) is 32.3 Å². The minimum absolute atomic E-state index is 0.0417. The molecule has 3 nitrogen and oxygen atoms in total. The van der Waals surface area contributed by atoms with Crippen LogP contribution in [-0.2, 0) is 12.8 Å². The van der Waals surface area contributed by atoms with Crippen molar-refractivity contribution < 1.29 is 4.79 Å². The molecule has 1 aliphatic carbocycles. The lowest BCUT2D eigenvalue weighted by molar-refractivity contribution is 0.0911. The van der Waals surface area contributed by atoms with Gasteiger partial charge in [0, 0.05) is 28.8 Å². The van der Waals surface area contributed by atoms with Gasteiger partial charge in [-0.2, -0.15) is 0 Å². The molecule has 20 heavy (non-hydrogen) atoms. The van der Waals surface area contributed by atoms with Crippen LogP contribution >= 0.6 is 11.3 Å². The molecule has 1 aliphatic rings. The number of fused-ring (bicyclic) bond motifs is 1. The van der Waals surface area contributed by atoms with E-state index in [1.54, 1.807) is 11.3 Å². The summed E-state index contributed by atoms with van der Waals surface area (Å²) in [6, 6.07) is 1.95. The predicted octanol–water partition coefficient (Wildman–Crippen LogP) is 3.96. The molecule has 0 saturated heterocycles.